The van der Waals surface area contributed by atoms with Crippen LogP contribution in [0.2, 0.25) is 0 Å². The Morgan fingerprint density at radius 1 is 1.33 bits per heavy atom. The van der Waals surface area contributed by atoms with E-state index in [-0.39, 0.29) is 12.0 Å². The van der Waals surface area contributed by atoms with Gasteiger partial charge in [-0.15, -0.1) is 0 Å². The maximum absolute atomic E-state index is 12.2. The molecule has 1 aromatic rings. The van der Waals surface area contributed by atoms with Crippen LogP contribution in [0.4, 0.5) is 0 Å². The molecule has 3 unspecified atom stereocenters. The van der Waals surface area contributed by atoms with Crippen molar-refractivity contribution in [2.45, 2.75) is 50.4 Å². The number of nitrogens with one attached hydrogen (secondary N) is 1. The second kappa shape index (κ2) is 8.44. The van der Waals surface area contributed by atoms with Gasteiger partial charge in [-0.2, -0.15) is 11.8 Å². The van der Waals surface area contributed by atoms with Crippen molar-refractivity contribution < 1.29 is 9.53 Å². The minimum Gasteiger partial charge on any atom is -0.465 e. The topological polar surface area (TPSA) is 38.3 Å². The number of rotatable bonds is 7. The molecule has 0 aromatic heterocycles. The fraction of sp³-hybridized carbons (Fsp3) is 0.588. The number of hydrogen-bond acceptors (Lipinski definition) is 4. The summed E-state index contributed by atoms with van der Waals surface area (Å²) >= 11 is 2.03. The van der Waals surface area contributed by atoms with Gasteiger partial charge in [0.1, 0.15) is 6.04 Å². The third kappa shape index (κ3) is 4.75. The van der Waals surface area contributed by atoms with Crippen molar-refractivity contribution >= 4 is 17.7 Å². The average molecular weight is 307 g/mol. The molecule has 0 radical (unpaired) electrons. The fourth-order valence-corrected chi connectivity index (χ4v) is 4.03. The van der Waals surface area contributed by atoms with E-state index in [4.69, 9.17) is 4.74 Å². The summed E-state index contributed by atoms with van der Waals surface area (Å²) in [4.78, 5) is 12.2. The first-order valence-corrected chi connectivity index (χ1v) is 8.88. The van der Waals surface area contributed by atoms with Crippen LogP contribution in [-0.4, -0.2) is 29.6 Å². The van der Waals surface area contributed by atoms with Crippen molar-refractivity contribution in [1.29, 1.82) is 0 Å². The molecule has 0 bridgehead atoms. The molecule has 1 saturated carbocycles. The Morgan fingerprint density at radius 2 is 2.10 bits per heavy atom. The van der Waals surface area contributed by atoms with E-state index in [1.165, 1.54) is 6.42 Å². The highest BCUT2D eigenvalue weighted by Crippen LogP contribution is 2.31. The second-order valence-electron chi connectivity index (χ2n) is 5.35. The van der Waals surface area contributed by atoms with Gasteiger partial charge in [0.25, 0.3) is 0 Å². The van der Waals surface area contributed by atoms with Crippen LogP contribution in [0, 0.1) is 0 Å². The van der Waals surface area contributed by atoms with Gasteiger partial charge in [-0.05, 0) is 37.5 Å². The van der Waals surface area contributed by atoms with E-state index in [0.717, 1.165) is 29.4 Å². The SMILES string of the molecule is CCOC(=O)C(NC1CCC(SCC)C1)c1ccccc1. The predicted octanol–water partition coefficient (Wildman–Crippen LogP) is 3.55. The van der Waals surface area contributed by atoms with Crippen molar-refractivity contribution in [2.75, 3.05) is 12.4 Å². The van der Waals surface area contributed by atoms with Crippen molar-refractivity contribution in [1.82, 2.24) is 5.32 Å². The summed E-state index contributed by atoms with van der Waals surface area (Å²) in [5.74, 6) is 0.993. The number of thioether (sulfide) groups is 1. The molecule has 1 aliphatic rings. The predicted molar refractivity (Wildman–Crippen MR) is 88.5 cm³/mol. The monoisotopic (exact) mass is 307 g/mol. The summed E-state index contributed by atoms with van der Waals surface area (Å²) in [7, 11) is 0. The van der Waals surface area contributed by atoms with Crippen LogP contribution < -0.4 is 5.32 Å². The smallest absolute Gasteiger partial charge is 0.327 e. The van der Waals surface area contributed by atoms with Gasteiger partial charge in [0.05, 0.1) is 6.61 Å². The van der Waals surface area contributed by atoms with Crippen molar-refractivity contribution in [3.8, 4) is 0 Å². The Balaban J connectivity index is 2.02. The summed E-state index contributed by atoms with van der Waals surface area (Å²) in [6, 6.07) is 9.94. The molecule has 1 fully saturated rings. The zero-order chi connectivity index (χ0) is 15.1. The largest absolute Gasteiger partial charge is 0.465 e. The first-order valence-electron chi connectivity index (χ1n) is 7.83. The van der Waals surface area contributed by atoms with Gasteiger partial charge in [-0.3, -0.25) is 5.32 Å². The van der Waals surface area contributed by atoms with Crippen molar-refractivity contribution in [3.63, 3.8) is 0 Å². The Hall–Kier alpha value is -1.00. The number of hydrogen-bond donors (Lipinski definition) is 1. The van der Waals surface area contributed by atoms with Gasteiger partial charge < -0.3 is 4.74 Å². The zero-order valence-electron chi connectivity index (χ0n) is 12.9. The van der Waals surface area contributed by atoms with Crippen LogP contribution in [0.3, 0.4) is 0 Å². The Labute approximate surface area is 131 Å². The molecular formula is C17H25NO2S. The molecule has 0 aliphatic heterocycles. The van der Waals surface area contributed by atoms with Gasteiger partial charge in [-0.25, -0.2) is 4.79 Å². The minimum atomic E-state index is -0.346. The molecule has 1 N–H and O–H groups in total. The lowest BCUT2D eigenvalue weighted by molar-refractivity contribution is -0.146. The Bertz CT molecular complexity index is 438. The molecule has 3 nitrogen and oxygen atoms in total. The molecule has 4 heteroatoms. The summed E-state index contributed by atoms with van der Waals surface area (Å²) in [5, 5.41) is 4.25. The third-order valence-corrected chi connectivity index (χ3v) is 5.08. The van der Waals surface area contributed by atoms with E-state index in [1.807, 2.05) is 49.0 Å². The first kappa shape index (κ1) is 16.4. The van der Waals surface area contributed by atoms with Crippen LogP contribution in [0.1, 0.15) is 44.7 Å². The summed E-state index contributed by atoms with van der Waals surface area (Å²) in [5.41, 5.74) is 0.988. The van der Waals surface area contributed by atoms with Crippen molar-refractivity contribution in [3.05, 3.63) is 35.9 Å². The molecule has 116 valence electrons. The van der Waals surface area contributed by atoms with Crippen LogP contribution >= 0.6 is 11.8 Å². The summed E-state index contributed by atoms with van der Waals surface area (Å²) in [6.07, 6.45) is 3.52. The lowest BCUT2D eigenvalue weighted by atomic mass is 10.1. The van der Waals surface area contributed by atoms with E-state index in [1.54, 1.807) is 0 Å². The van der Waals surface area contributed by atoms with Crippen molar-refractivity contribution in [2.24, 2.45) is 0 Å². The average Bonchev–Trinajstić information content (AvgIpc) is 2.94. The molecule has 0 heterocycles. The van der Waals surface area contributed by atoms with Gasteiger partial charge in [0.15, 0.2) is 0 Å². The summed E-state index contributed by atoms with van der Waals surface area (Å²) < 4.78 is 5.24. The lowest BCUT2D eigenvalue weighted by Crippen LogP contribution is -2.36. The molecule has 3 atom stereocenters. The molecule has 0 amide bonds. The van der Waals surface area contributed by atoms with Crippen LogP contribution in [0.15, 0.2) is 30.3 Å². The molecule has 1 aliphatic carbocycles. The zero-order valence-corrected chi connectivity index (χ0v) is 13.7. The Kier molecular flexibility index (Phi) is 6.58. The minimum absolute atomic E-state index is 0.171. The third-order valence-electron chi connectivity index (χ3n) is 3.84. The standard InChI is InChI=1S/C17H25NO2S/c1-3-20-17(19)16(13-8-6-5-7-9-13)18-14-10-11-15(12-14)21-4-2/h5-9,14-16,18H,3-4,10-12H2,1-2H3. The number of ether oxygens (including phenoxy) is 1. The van der Waals surface area contributed by atoms with E-state index in [0.29, 0.717) is 12.6 Å². The van der Waals surface area contributed by atoms with Crippen LogP contribution in [0.25, 0.3) is 0 Å². The number of benzene rings is 1. The van der Waals surface area contributed by atoms with Gasteiger partial charge in [-0.1, -0.05) is 37.3 Å². The highest BCUT2D eigenvalue weighted by atomic mass is 32.2. The number of carbonyl (C=O) groups excluding carboxylic acids is 1. The van der Waals surface area contributed by atoms with E-state index < -0.39 is 0 Å². The molecule has 0 spiro atoms. The lowest BCUT2D eigenvalue weighted by Gasteiger charge is -2.22. The quantitative estimate of drug-likeness (QED) is 0.782. The van der Waals surface area contributed by atoms with E-state index in [9.17, 15) is 4.79 Å². The Morgan fingerprint density at radius 3 is 2.76 bits per heavy atom. The highest BCUT2D eigenvalue weighted by molar-refractivity contribution is 7.99. The van der Waals surface area contributed by atoms with E-state index >= 15 is 0 Å². The normalized spacial score (nSPS) is 23.0. The van der Waals surface area contributed by atoms with Gasteiger partial charge in [0.2, 0.25) is 0 Å². The van der Waals surface area contributed by atoms with Gasteiger partial charge in [0, 0.05) is 11.3 Å². The maximum Gasteiger partial charge on any atom is 0.327 e. The van der Waals surface area contributed by atoms with E-state index in [2.05, 4.69) is 12.2 Å². The first-order chi connectivity index (χ1) is 10.2. The molecule has 21 heavy (non-hydrogen) atoms. The highest BCUT2D eigenvalue weighted by Gasteiger charge is 2.30. The number of carbonyl (C=O) groups is 1. The molecule has 0 saturated heterocycles. The number of esters is 1. The molecule has 1 aromatic carbocycles. The van der Waals surface area contributed by atoms with Crippen LogP contribution in [0.5, 0.6) is 0 Å². The van der Waals surface area contributed by atoms with Crippen LogP contribution in [-0.2, 0) is 9.53 Å². The molecule has 2 rings (SSSR count). The summed E-state index contributed by atoms with van der Waals surface area (Å²) in [6.45, 7) is 4.48. The van der Waals surface area contributed by atoms with Gasteiger partial charge >= 0.3 is 5.97 Å². The molecular weight excluding hydrogens is 282 g/mol. The maximum atomic E-state index is 12.2. The second-order valence-corrected chi connectivity index (χ2v) is 6.93. The fourth-order valence-electron chi connectivity index (χ4n) is 2.89.